The standard InChI is InChI=1S/C22H32N2O3/c1-15(2)13-18(24-11-7-8-12-24)22(25)23-21(16(3)4)17-9-10-19(26-5)20(14-17)27-6/h7-12,14-16,18,21H,13H2,1-6H3,(H,23,25)/t18-,21+/m0/s1. The molecule has 1 aromatic carbocycles. The van der Waals surface area contributed by atoms with Crippen molar-refractivity contribution in [3.8, 4) is 11.5 Å². The third-order valence-electron chi connectivity index (χ3n) is 4.72. The summed E-state index contributed by atoms with van der Waals surface area (Å²) in [6, 6.07) is 9.39. The molecule has 0 fully saturated rings. The number of carbonyl (C=O) groups excluding carboxylic acids is 1. The van der Waals surface area contributed by atoms with Crippen LogP contribution in [0, 0.1) is 11.8 Å². The number of hydrogen-bond acceptors (Lipinski definition) is 3. The van der Waals surface area contributed by atoms with E-state index in [-0.39, 0.29) is 23.9 Å². The van der Waals surface area contributed by atoms with Crippen LogP contribution in [0.15, 0.2) is 42.7 Å². The van der Waals surface area contributed by atoms with E-state index in [9.17, 15) is 4.79 Å². The number of nitrogens with zero attached hydrogens (tertiary/aromatic N) is 1. The molecular weight excluding hydrogens is 340 g/mol. The summed E-state index contributed by atoms with van der Waals surface area (Å²) in [5.41, 5.74) is 1.01. The summed E-state index contributed by atoms with van der Waals surface area (Å²) in [6.45, 7) is 8.49. The SMILES string of the molecule is COc1ccc([C@H](NC(=O)[C@H](CC(C)C)n2cccc2)C(C)C)cc1OC. The first kappa shape index (κ1) is 20.9. The lowest BCUT2D eigenvalue weighted by Gasteiger charge is -2.27. The van der Waals surface area contributed by atoms with Crippen LogP contribution in [-0.4, -0.2) is 24.7 Å². The van der Waals surface area contributed by atoms with Crippen LogP contribution in [0.1, 0.15) is 51.8 Å². The Bertz CT molecular complexity index is 723. The molecule has 0 aliphatic carbocycles. The molecule has 0 aliphatic rings. The van der Waals surface area contributed by atoms with Gasteiger partial charge in [-0.05, 0) is 48.1 Å². The Balaban J connectivity index is 2.27. The molecule has 0 radical (unpaired) electrons. The fraction of sp³-hybridized carbons (Fsp3) is 0.500. The van der Waals surface area contributed by atoms with Crippen LogP contribution in [0.25, 0.3) is 0 Å². The Labute approximate surface area is 162 Å². The average molecular weight is 373 g/mol. The van der Waals surface area contributed by atoms with Gasteiger partial charge >= 0.3 is 0 Å². The fourth-order valence-electron chi connectivity index (χ4n) is 3.30. The van der Waals surface area contributed by atoms with E-state index in [1.165, 1.54) is 0 Å². The van der Waals surface area contributed by atoms with Crippen LogP contribution in [0.3, 0.4) is 0 Å². The third kappa shape index (κ3) is 5.28. The van der Waals surface area contributed by atoms with Gasteiger partial charge in [-0.2, -0.15) is 0 Å². The van der Waals surface area contributed by atoms with Crippen molar-refractivity contribution in [3.05, 3.63) is 48.3 Å². The molecule has 1 aromatic heterocycles. The molecule has 0 bridgehead atoms. The molecule has 0 spiro atoms. The van der Waals surface area contributed by atoms with Gasteiger partial charge < -0.3 is 19.4 Å². The highest BCUT2D eigenvalue weighted by atomic mass is 16.5. The van der Waals surface area contributed by atoms with E-state index in [0.717, 1.165) is 12.0 Å². The lowest BCUT2D eigenvalue weighted by atomic mass is 9.94. The summed E-state index contributed by atoms with van der Waals surface area (Å²) in [6.07, 6.45) is 4.69. The number of amides is 1. The molecule has 2 aromatic rings. The zero-order chi connectivity index (χ0) is 20.0. The molecule has 0 saturated heterocycles. The summed E-state index contributed by atoms with van der Waals surface area (Å²) in [7, 11) is 3.24. The van der Waals surface area contributed by atoms with Crippen LogP contribution in [0.5, 0.6) is 11.5 Å². The van der Waals surface area contributed by atoms with Gasteiger partial charge in [0.1, 0.15) is 6.04 Å². The monoisotopic (exact) mass is 372 g/mol. The van der Waals surface area contributed by atoms with Gasteiger partial charge in [-0.15, -0.1) is 0 Å². The number of methoxy groups -OCH3 is 2. The smallest absolute Gasteiger partial charge is 0.243 e. The van der Waals surface area contributed by atoms with E-state index in [1.807, 2.05) is 47.3 Å². The van der Waals surface area contributed by atoms with Crippen LogP contribution in [0.4, 0.5) is 0 Å². The lowest BCUT2D eigenvalue weighted by Crippen LogP contribution is -2.37. The molecule has 0 aliphatic heterocycles. The predicted octanol–water partition coefficient (Wildman–Crippen LogP) is 4.61. The van der Waals surface area contributed by atoms with Crippen molar-refractivity contribution >= 4 is 5.91 Å². The van der Waals surface area contributed by atoms with E-state index in [0.29, 0.717) is 17.4 Å². The van der Waals surface area contributed by atoms with Crippen LogP contribution in [-0.2, 0) is 4.79 Å². The maximum absolute atomic E-state index is 13.2. The molecule has 1 N–H and O–H groups in total. The Hall–Kier alpha value is -2.43. The van der Waals surface area contributed by atoms with E-state index in [2.05, 4.69) is 33.0 Å². The lowest BCUT2D eigenvalue weighted by molar-refractivity contribution is -0.125. The van der Waals surface area contributed by atoms with Crippen molar-refractivity contribution in [1.82, 2.24) is 9.88 Å². The number of carbonyl (C=O) groups is 1. The maximum Gasteiger partial charge on any atom is 0.243 e. The summed E-state index contributed by atoms with van der Waals surface area (Å²) in [5, 5.41) is 3.26. The van der Waals surface area contributed by atoms with E-state index < -0.39 is 0 Å². The Morgan fingerprint density at radius 3 is 2.19 bits per heavy atom. The maximum atomic E-state index is 13.2. The van der Waals surface area contributed by atoms with Crippen molar-refractivity contribution < 1.29 is 14.3 Å². The van der Waals surface area contributed by atoms with Crippen molar-refractivity contribution in [1.29, 1.82) is 0 Å². The predicted molar refractivity (Wildman–Crippen MR) is 108 cm³/mol. The summed E-state index contributed by atoms with van der Waals surface area (Å²) in [4.78, 5) is 13.2. The number of nitrogens with one attached hydrogen (secondary N) is 1. The molecule has 5 heteroatoms. The van der Waals surface area contributed by atoms with Gasteiger partial charge in [-0.3, -0.25) is 4.79 Å². The van der Waals surface area contributed by atoms with Crippen molar-refractivity contribution in [3.63, 3.8) is 0 Å². The molecule has 5 nitrogen and oxygen atoms in total. The van der Waals surface area contributed by atoms with E-state index in [4.69, 9.17) is 9.47 Å². The van der Waals surface area contributed by atoms with Gasteiger partial charge in [0.25, 0.3) is 0 Å². The number of hydrogen-bond donors (Lipinski definition) is 1. The second-order valence-corrected chi connectivity index (χ2v) is 7.62. The first-order chi connectivity index (χ1) is 12.9. The molecule has 148 valence electrons. The van der Waals surface area contributed by atoms with Crippen molar-refractivity contribution in [2.75, 3.05) is 14.2 Å². The van der Waals surface area contributed by atoms with Gasteiger partial charge in [0.05, 0.1) is 20.3 Å². The second-order valence-electron chi connectivity index (χ2n) is 7.62. The molecule has 2 rings (SSSR count). The molecule has 0 saturated carbocycles. The van der Waals surface area contributed by atoms with Crippen molar-refractivity contribution in [2.24, 2.45) is 11.8 Å². The second kappa shape index (κ2) is 9.49. The fourth-order valence-corrected chi connectivity index (χ4v) is 3.30. The largest absolute Gasteiger partial charge is 0.493 e. The Kier molecular flexibility index (Phi) is 7.34. The zero-order valence-corrected chi connectivity index (χ0v) is 17.2. The van der Waals surface area contributed by atoms with Crippen molar-refractivity contribution in [2.45, 2.75) is 46.2 Å². The van der Waals surface area contributed by atoms with Gasteiger partial charge in [0.15, 0.2) is 11.5 Å². The molecule has 0 unspecified atom stereocenters. The van der Waals surface area contributed by atoms with E-state index >= 15 is 0 Å². The van der Waals surface area contributed by atoms with Gasteiger partial charge in [0, 0.05) is 12.4 Å². The van der Waals surface area contributed by atoms with E-state index in [1.54, 1.807) is 14.2 Å². The first-order valence-corrected chi connectivity index (χ1v) is 9.52. The van der Waals surface area contributed by atoms with Crippen LogP contribution in [0.2, 0.25) is 0 Å². The zero-order valence-electron chi connectivity index (χ0n) is 17.2. The minimum absolute atomic E-state index is 0.0355. The minimum atomic E-state index is -0.221. The van der Waals surface area contributed by atoms with Crippen LogP contribution < -0.4 is 14.8 Å². The number of rotatable bonds is 9. The van der Waals surface area contributed by atoms with Crippen LogP contribution >= 0.6 is 0 Å². The van der Waals surface area contributed by atoms with Gasteiger partial charge in [-0.1, -0.05) is 33.8 Å². The molecule has 2 atom stereocenters. The minimum Gasteiger partial charge on any atom is -0.493 e. The number of aromatic nitrogens is 1. The Morgan fingerprint density at radius 2 is 1.67 bits per heavy atom. The molecule has 1 heterocycles. The highest BCUT2D eigenvalue weighted by molar-refractivity contribution is 5.80. The summed E-state index contributed by atoms with van der Waals surface area (Å²) < 4.78 is 12.7. The highest BCUT2D eigenvalue weighted by Gasteiger charge is 2.26. The number of ether oxygens (including phenoxy) is 2. The van der Waals surface area contributed by atoms with Gasteiger partial charge in [0.2, 0.25) is 5.91 Å². The number of benzene rings is 1. The Morgan fingerprint density at radius 1 is 1.04 bits per heavy atom. The summed E-state index contributed by atoms with van der Waals surface area (Å²) in [5.74, 6) is 2.03. The first-order valence-electron chi connectivity index (χ1n) is 9.52. The van der Waals surface area contributed by atoms with Gasteiger partial charge in [-0.25, -0.2) is 0 Å². The highest BCUT2D eigenvalue weighted by Crippen LogP contribution is 2.32. The summed E-state index contributed by atoms with van der Waals surface area (Å²) >= 11 is 0. The average Bonchev–Trinajstić information content (AvgIpc) is 3.17. The normalized spacial score (nSPS) is 13.5. The molecule has 1 amide bonds. The third-order valence-corrected chi connectivity index (χ3v) is 4.72. The molecular formula is C22H32N2O3. The molecule has 27 heavy (non-hydrogen) atoms. The quantitative estimate of drug-likeness (QED) is 0.699. The topological polar surface area (TPSA) is 52.5 Å².